The highest BCUT2D eigenvalue weighted by molar-refractivity contribution is 9.10. The zero-order valence-electron chi connectivity index (χ0n) is 13.0. The quantitative estimate of drug-likeness (QED) is 0.826. The van der Waals surface area contributed by atoms with Crippen LogP contribution in [0, 0.1) is 11.8 Å². The molecule has 116 valence electrons. The van der Waals surface area contributed by atoms with Crippen molar-refractivity contribution in [2.75, 3.05) is 7.11 Å². The molecule has 0 heterocycles. The van der Waals surface area contributed by atoms with Gasteiger partial charge in [-0.1, -0.05) is 35.8 Å². The van der Waals surface area contributed by atoms with Gasteiger partial charge in [0.1, 0.15) is 0 Å². The van der Waals surface area contributed by atoms with E-state index in [-0.39, 0.29) is 5.97 Å². The van der Waals surface area contributed by atoms with Gasteiger partial charge in [-0.25, -0.2) is 4.79 Å². The molecular weight excluding hydrogens is 330 g/mol. The standard InChI is InChI=1S/C17H24BrNO2/c1-11-6-12(2)8-15(7-11)19-10-14-5-4-13(9-16(14)18)17(20)21-3/h4-5,9,11-12,15,19H,6-8,10H2,1-3H3. The zero-order chi connectivity index (χ0) is 15.4. The minimum atomic E-state index is -0.301. The van der Waals surface area contributed by atoms with E-state index in [0.717, 1.165) is 22.9 Å². The van der Waals surface area contributed by atoms with Crippen LogP contribution >= 0.6 is 15.9 Å². The number of esters is 1. The number of methoxy groups -OCH3 is 1. The van der Waals surface area contributed by atoms with Crippen LogP contribution in [0.4, 0.5) is 0 Å². The first-order valence-electron chi connectivity index (χ1n) is 7.59. The van der Waals surface area contributed by atoms with Gasteiger partial charge in [-0.05, 0) is 48.8 Å². The second-order valence-corrected chi connectivity index (χ2v) is 7.15. The van der Waals surface area contributed by atoms with Crippen LogP contribution in [-0.2, 0) is 11.3 Å². The van der Waals surface area contributed by atoms with Gasteiger partial charge in [-0.3, -0.25) is 0 Å². The van der Waals surface area contributed by atoms with Crippen LogP contribution in [0.3, 0.4) is 0 Å². The molecule has 0 saturated heterocycles. The number of ether oxygens (including phenoxy) is 1. The predicted molar refractivity (Wildman–Crippen MR) is 88.3 cm³/mol. The number of hydrogen-bond acceptors (Lipinski definition) is 3. The Morgan fingerprint density at radius 1 is 1.29 bits per heavy atom. The van der Waals surface area contributed by atoms with Crippen molar-refractivity contribution in [3.8, 4) is 0 Å². The van der Waals surface area contributed by atoms with Crippen molar-refractivity contribution >= 4 is 21.9 Å². The lowest BCUT2D eigenvalue weighted by Crippen LogP contribution is -2.35. The third kappa shape index (κ3) is 4.55. The van der Waals surface area contributed by atoms with Crippen molar-refractivity contribution < 1.29 is 9.53 Å². The summed E-state index contributed by atoms with van der Waals surface area (Å²) in [6.45, 7) is 5.50. The van der Waals surface area contributed by atoms with Crippen molar-refractivity contribution in [1.82, 2.24) is 5.32 Å². The molecule has 0 radical (unpaired) electrons. The van der Waals surface area contributed by atoms with Crippen molar-refractivity contribution in [2.24, 2.45) is 11.8 Å². The molecule has 1 aliphatic rings. The summed E-state index contributed by atoms with van der Waals surface area (Å²) in [7, 11) is 1.40. The Balaban J connectivity index is 1.95. The monoisotopic (exact) mass is 353 g/mol. The van der Waals surface area contributed by atoms with Crippen LogP contribution in [0.2, 0.25) is 0 Å². The Kier molecular flexibility index (Phi) is 5.82. The summed E-state index contributed by atoms with van der Waals surface area (Å²) in [4.78, 5) is 11.5. The van der Waals surface area contributed by atoms with Gasteiger partial charge in [0.25, 0.3) is 0 Å². The molecule has 4 heteroatoms. The Hall–Kier alpha value is -0.870. The summed E-state index contributed by atoms with van der Waals surface area (Å²) in [5, 5.41) is 3.66. The number of hydrogen-bond donors (Lipinski definition) is 1. The molecule has 0 amide bonds. The summed E-state index contributed by atoms with van der Waals surface area (Å²) >= 11 is 3.55. The van der Waals surface area contributed by atoms with E-state index in [0.29, 0.717) is 11.6 Å². The molecular formula is C17H24BrNO2. The fraction of sp³-hybridized carbons (Fsp3) is 0.588. The SMILES string of the molecule is COC(=O)c1ccc(CNC2CC(C)CC(C)C2)c(Br)c1. The predicted octanol–water partition coefficient (Wildman–Crippen LogP) is 4.15. The lowest BCUT2D eigenvalue weighted by atomic mass is 9.80. The first kappa shape index (κ1) is 16.5. The van der Waals surface area contributed by atoms with E-state index in [1.807, 2.05) is 18.2 Å². The Bertz CT molecular complexity index is 494. The first-order valence-corrected chi connectivity index (χ1v) is 8.39. The lowest BCUT2D eigenvalue weighted by Gasteiger charge is -2.32. The normalized spacial score (nSPS) is 25.6. The third-order valence-corrected chi connectivity index (χ3v) is 4.97. The number of halogens is 1. The van der Waals surface area contributed by atoms with Gasteiger partial charge in [0.2, 0.25) is 0 Å². The molecule has 2 rings (SSSR count). The van der Waals surface area contributed by atoms with Crippen LogP contribution in [0.1, 0.15) is 49.0 Å². The second-order valence-electron chi connectivity index (χ2n) is 6.29. The highest BCUT2D eigenvalue weighted by Gasteiger charge is 2.23. The first-order chi connectivity index (χ1) is 9.99. The van der Waals surface area contributed by atoms with E-state index in [2.05, 4.69) is 35.1 Å². The molecule has 2 atom stereocenters. The van der Waals surface area contributed by atoms with Gasteiger partial charge < -0.3 is 10.1 Å². The summed E-state index contributed by atoms with van der Waals surface area (Å²) in [6, 6.07) is 6.23. The minimum Gasteiger partial charge on any atom is -0.465 e. The average molecular weight is 354 g/mol. The van der Waals surface area contributed by atoms with Crippen LogP contribution in [-0.4, -0.2) is 19.1 Å². The van der Waals surface area contributed by atoms with E-state index in [1.54, 1.807) is 0 Å². The van der Waals surface area contributed by atoms with E-state index >= 15 is 0 Å². The Morgan fingerprint density at radius 2 is 1.95 bits per heavy atom. The van der Waals surface area contributed by atoms with Crippen molar-refractivity contribution in [3.63, 3.8) is 0 Å². The summed E-state index contributed by atoms with van der Waals surface area (Å²) in [5.74, 6) is 1.30. The highest BCUT2D eigenvalue weighted by Crippen LogP contribution is 2.29. The van der Waals surface area contributed by atoms with Crippen molar-refractivity contribution in [1.29, 1.82) is 0 Å². The van der Waals surface area contributed by atoms with Crippen LogP contribution in [0.25, 0.3) is 0 Å². The average Bonchev–Trinajstić information content (AvgIpc) is 2.44. The summed E-state index contributed by atoms with van der Waals surface area (Å²) in [6.07, 6.45) is 3.85. The van der Waals surface area contributed by atoms with Crippen LogP contribution < -0.4 is 5.32 Å². The number of nitrogens with one attached hydrogen (secondary N) is 1. The molecule has 1 aromatic carbocycles. The van der Waals surface area contributed by atoms with Gasteiger partial charge in [-0.15, -0.1) is 0 Å². The number of carbonyl (C=O) groups is 1. The fourth-order valence-corrected chi connectivity index (χ4v) is 3.82. The van der Waals surface area contributed by atoms with Gasteiger partial charge in [0, 0.05) is 17.1 Å². The second kappa shape index (κ2) is 7.41. The maximum atomic E-state index is 11.5. The topological polar surface area (TPSA) is 38.3 Å². The number of benzene rings is 1. The smallest absolute Gasteiger partial charge is 0.337 e. The largest absolute Gasteiger partial charge is 0.465 e. The fourth-order valence-electron chi connectivity index (χ4n) is 3.30. The maximum Gasteiger partial charge on any atom is 0.337 e. The van der Waals surface area contributed by atoms with Gasteiger partial charge in [-0.2, -0.15) is 0 Å². The maximum absolute atomic E-state index is 11.5. The van der Waals surface area contributed by atoms with E-state index in [4.69, 9.17) is 4.74 Å². The third-order valence-electron chi connectivity index (χ3n) is 4.23. The van der Waals surface area contributed by atoms with Gasteiger partial charge >= 0.3 is 5.97 Å². The Morgan fingerprint density at radius 3 is 2.52 bits per heavy atom. The molecule has 1 fully saturated rings. The molecule has 1 N–H and O–H groups in total. The van der Waals surface area contributed by atoms with Crippen molar-refractivity contribution in [2.45, 2.75) is 45.7 Å². The van der Waals surface area contributed by atoms with Gasteiger partial charge in [0.15, 0.2) is 0 Å². The number of rotatable bonds is 4. The minimum absolute atomic E-state index is 0.301. The molecule has 0 aliphatic heterocycles. The zero-order valence-corrected chi connectivity index (χ0v) is 14.6. The van der Waals surface area contributed by atoms with Crippen LogP contribution in [0.5, 0.6) is 0 Å². The van der Waals surface area contributed by atoms with E-state index in [9.17, 15) is 4.79 Å². The summed E-state index contributed by atoms with van der Waals surface area (Å²) < 4.78 is 5.69. The molecule has 2 unspecified atom stereocenters. The Labute approximate surface area is 135 Å². The molecule has 21 heavy (non-hydrogen) atoms. The van der Waals surface area contributed by atoms with E-state index < -0.39 is 0 Å². The summed E-state index contributed by atoms with van der Waals surface area (Å²) in [5.41, 5.74) is 1.75. The van der Waals surface area contributed by atoms with Crippen molar-refractivity contribution in [3.05, 3.63) is 33.8 Å². The number of carbonyl (C=O) groups excluding carboxylic acids is 1. The molecule has 0 spiro atoms. The molecule has 1 aromatic rings. The highest BCUT2D eigenvalue weighted by atomic mass is 79.9. The molecule has 0 aromatic heterocycles. The van der Waals surface area contributed by atoms with Crippen LogP contribution in [0.15, 0.2) is 22.7 Å². The van der Waals surface area contributed by atoms with Gasteiger partial charge in [0.05, 0.1) is 12.7 Å². The molecule has 1 saturated carbocycles. The lowest BCUT2D eigenvalue weighted by molar-refractivity contribution is 0.0600. The molecule has 0 bridgehead atoms. The molecule has 3 nitrogen and oxygen atoms in total. The van der Waals surface area contributed by atoms with E-state index in [1.165, 1.54) is 31.9 Å². The molecule has 1 aliphatic carbocycles.